The molecule has 1 atom stereocenters. The molecular formula is C22H25N3O5. The maximum atomic E-state index is 12.5. The molecule has 0 bridgehead atoms. The summed E-state index contributed by atoms with van der Waals surface area (Å²) in [7, 11) is 0. The molecule has 8 heteroatoms. The number of likely N-dealkylation sites (tertiary alicyclic amines) is 1. The summed E-state index contributed by atoms with van der Waals surface area (Å²) in [5, 5.41) is 14.5. The minimum atomic E-state index is -0.939. The Balaban J connectivity index is 1.67. The average molecular weight is 411 g/mol. The second-order valence-corrected chi connectivity index (χ2v) is 7.26. The van der Waals surface area contributed by atoms with Gasteiger partial charge in [-0.25, -0.2) is 4.79 Å². The number of nitro groups is 1. The van der Waals surface area contributed by atoms with Crippen LogP contribution in [-0.4, -0.2) is 40.9 Å². The summed E-state index contributed by atoms with van der Waals surface area (Å²) in [6, 6.07) is 13.6. The van der Waals surface area contributed by atoms with E-state index >= 15 is 0 Å². The van der Waals surface area contributed by atoms with Gasteiger partial charge in [-0.2, -0.15) is 0 Å². The number of hydrogen-bond donors (Lipinski definition) is 1. The Morgan fingerprint density at radius 3 is 2.50 bits per heavy atom. The highest BCUT2D eigenvalue weighted by Gasteiger charge is 2.26. The first-order valence-corrected chi connectivity index (χ1v) is 10.0. The summed E-state index contributed by atoms with van der Waals surface area (Å²) >= 11 is 0. The largest absolute Gasteiger partial charge is 0.449 e. The van der Waals surface area contributed by atoms with E-state index in [1.807, 2.05) is 30.3 Å². The fourth-order valence-electron chi connectivity index (χ4n) is 3.40. The summed E-state index contributed by atoms with van der Waals surface area (Å²) in [5.41, 5.74) is 1.08. The van der Waals surface area contributed by atoms with Gasteiger partial charge in [-0.15, -0.1) is 0 Å². The Bertz CT molecular complexity index is 910. The van der Waals surface area contributed by atoms with Crippen LogP contribution in [0.1, 0.15) is 42.1 Å². The summed E-state index contributed by atoms with van der Waals surface area (Å²) in [4.78, 5) is 37.6. The molecule has 30 heavy (non-hydrogen) atoms. The van der Waals surface area contributed by atoms with E-state index in [4.69, 9.17) is 4.74 Å². The number of rotatable bonds is 7. The van der Waals surface area contributed by atoms with Crippen LogP contribution < -0.4 is 5.32 Å². The molecule has 0 unspecified atom stereocenters. The van der Waals surface area contributed by atoms with Gasteiger partial charge in [0.2, 0.25) is 0 Å². The standard InChI is InChI=1S/C22H25N3O5/c1-16(21(26)24-12-6-3-7-13-24)30-22(27)18-10-11-19(20(14-18)25(28)29)23-15-17-8-4-2-5-9-17/h2,4-5,8-11,14,16,23H,3,6-7,12-13,15H2,1H3/t16-/m1/s1. The SMILES string of the molecule is C[C@@H](OC(=O)c1ccc(NCc2ccccc2)c([N+](=O)[O-])c1)C(=O)N1CCCCC1. The number of carbonyl (C=O) groups excluding carboxylic acids is 2. The van der Waals surface area contributed by atoms with Crippen LogP contribution in [0.3, 0.4) is 0 Å². The maximum Gasteiger partial charge on any atom is 0.339 e. The molecule has 2 aromatic carbocycles. The highest BCUT2D eigenvalue weighted by molar-refractivity contribution is 5.93. The molecule has 1 heterocycles. The van der Waals surface area contributed by atoms with Gasteiger partial charge in [0.05, 0.1) is 10.5 Å². The number of nitro benzene ring substituents is 1. The lowest BCUT2D eigenvalue weighted by atomic mass is 10.1. The third-order valence-electron chi connectivity index (χ3n) is 5.06. The molecule has 2 aromatic rings. The van der Waals surface area contributed by atoms with Gasteiger partial charge in [0.15, 0.2) is 6.10 Å². The van der Waals surface area contributed by atoms with Crippen molar-refractivity contribution in [3.8, 4) is 0 Å². The number of amides is 1. The van der Waals surface area contributed by atoms with E-state index in [-0.39, 0.29) is 17.2 Å². The minimum Gasteiger partial charge on any atom is -0.449 e. The Morgan fingerprint density at radius 1 is 1.13 bits per heavy atom. The van der Waals surface area contributed by atoms with Crippen molar-refractivity contribution in [1.29, 1.82) is 0 Å². The van der Waals surface area contributed by atoms with Crippen molar-refractivity contribution in [1.82, 2.24) is 4.90 Å². The normalized spacial score (nSPS) is 14.6. The predicted molar refractivity (Wildman–Crippen MR) is 112 cm³/mol. The summed E-state index contributed by atoms with van der Waals surface area (Å²) in [6.45, 7) is 3.26. The Labute approximate surface area is 175 Å². The van der Waals surface area contributed by atoms with Crippen molar-refractivity contribution >= 4 is 23.3 Å². The molecule has 0 spiro atoms. The quantitative estimate of drug-likeness (QED) is 0.423. The lowest BCUT2D eigenvalue weighted by Crippen LogP contribution is -2.42. The smallest absolute Gasteiger partial charge is 0.339 e. The van der Waals surface area contributed by atoms with Crippen LogP contribution in [0.4, 0.5) is 11.4 Å². The molecule has 8 nitrogen and oxygen atoms in total. The number of carbonyl (C=O) groups is 2. The van der Waals surface area contributed by atoms with Gasteiger partial charge < -0.3 is 15.0 Å². The zero-order valence-corrected chi connectivity index (χ0v) is 16.9. The lowest BCUT2D eigenvalue weighted by molar-refractivity contribution is -0.384. The van der Waals surface area contributed by atoms with Crippen molar-refractivity contribution in [2.75, 3.05) is 18.4 Å². The number of nitrogens with zero attached hydrogens (tertiary/aromatic N) is 2. The van der Waals surface area contributed by atoms with Gasteiger partial charge >= 0.3 is 5.97 Å². The monoisotopic (exact) mass is 411 g/mol. The first-order chi connectivity index (χ1) is 14.5. The highest BCUT2D eigenvalue weighted by atomic mass is 16.6. The van der Waals surface area contributed by atoms with E-state index in [0.717, 1.165) is 24.8 Å². The van der Waals surface area contributed by atoms with Gasteiger partial charge in [-0.3, -0.25) is 14.9 Å². The molecule has 1 aliphatic rings. The van der Waals surface area contributed by atoms with E-state index in [1.165, 1.54) is 25.1 Å². The molecule has 0 aliphatic carbocycles. The topological polar surface area (TPSA) is 102 Å². The number of esters is 1. The molecule has 1 amide bonds. The molecule has 0 aromatic heterocycles. The van der Waals surface area contributed by atoms with Gasteiger partial charge in [0.1, 0.15) is 5.69 Å². The van der Waals surface area contributed by atoms with Crippen molar-refractivity contribution < 1.29 is 19.2 Å². The number of ether oxygens (including phenoxy) is 1. The fraction of sp³-hybridized carbons (Fsp3) is 0.364. The molecule has 158 valence electrons. The molecular weight excluding hydrogens is 386 g/mol. The molecule has 1 N–H and O–H groups in total. The van der Waals surface area contributed by atoms with Crippen LogP contribution in [-0.2, 0) is 16.1 Å². The molecule has 1 saturated heterocycles. The second kappa shape index (κ2) is 9.87. The molecule has 0 radical (unpaired) electrons. The number of anilines is 1. The van der Waals surface area contributed by atoms with Crippen molar-refractivity contribution in [2.24, 2.45) is 0 Å². The van der Waals surface area contributed by atoms with E-state index in [9.17, 15) is 19.7 Å². The number of piperidine rings is 1. The number of hydrogen-bond acceptors (Lipinski definition) is 6. The third-order valence-corrected chi connectivity index (χ3v) is 5.06. The van der Waals surface area contributed by atoms with Gasteiger partial charge in [0, 0.05) is 25.7 Å². The second-order valence-electron chi connectivity index (χ2n) is 7.26. The van der Waals surface area contributed by atoms with Crippen LogP contribution in [0.25, 0.3) is 0 Å². The van der Waals surface area contributed by atoms with Crippen LogP contribution in [0.2, 0.25) is 0 Å². The summed E-state index contributed by atoms with van der Waals surface area (Å²) in [5.74, 6) is -0.996. The first kappa shape index (κ1) is 21.3. The van der Waals surface area contributed by atoms with E-state index in [2.05, 4.69) is 5.32 Å². The highest BCUT2D eigenvalue weighted by Crippen LogP contribution is 2.27. The average Bonchev–Trinajstić information content (AvgIpc) is 2.78. The van der Waals surface area contributed by atoms with Crippen molar-refractivity contribution in [3.05, 3.63) is 69.8 Å². The van der Waals surface area contributed by atoms with Crippen LogP contribution >= 0.6 is 0 Å². The van der Waals surface area contributed by atoms with Crippen LogP contribution in [0, 0.1) is 10.1 Å². The third kappa shape index (κ3) is 5.34. The Morgan fingerprint density at radius 2 is 1.83 bits per heavy atom. The van der Waals surface area contributed by atoms with Gasteiger partial charge in [-0.1, -0.05) is 30.3 Å². The molecule has 0 saturated carbocycles. The maximum absolute atomic E-state index is 12.5. The number of benzene rings is 2. The summed E-state index contributed by atoms with van der Waals surface area (Å²) in [6.07, 6.45) is 2.03. The van der Waals surface area contributed by atoms with Crippen molar-refractivity contribution in [3.63, 3.8) is 0 Å². The Kier molecular flexibility index (Phi) is 7.00. The first-order valence-electron chi connectivity index (χ1n) is 10.0. The van der Waals surface area contributed by atoms with E-state index in [0.29, 0.717) is 25.3 Å². The zero-order valence-electron chi connectivity index (χ0n) is 16.9. The van der Waals surface area contributed by atoms with Gasteiger partial charge in [-0.05, 0) is 43.9 Å². The van der Waals surface area contributed by atoms with Crippen LogP contribution in [0.15, 0.2) is 48.5 Å². The predicted octanol–water partition coefficient (Wildman–Crippen LogP) is 3.76. The molecule has 1 fully saturated rings. The lowest BCUT2D eigenvalue weighted by Gasteiger charge is -2.28. The fourth-order valence-corrected chi connectivity index (χ4v) is 3.40. The number of nitrogens with one attached hydrogen (secondary N) is 1. The zero-order chi connectivity index (χ0) is 21.5. The molecule has 1 aliphatic heterocycles. The van der Waals surface area contributed by atoms with E-state index in [1.54, 1.807) is 4.90 Å². The minimum absolute atomic E-state index is 0.0326. The van der Waals surface area contributed by atoms with Crippen molar-refractivity contribution in [2.45, 2.75) is 38.8 Å². The van der Waals surface area contributed by atoms with Gasteiger partial charge in [0.25, 0.3) is 11.6 Å². The molecule has 3 rings (SSSR count). The summed E-state index contributed by atoms with van der Waals surface area (Å²) < 4.78 is 5.28. The van der Waals surface area contributed by atoms with Crippen LogP contribution in [0.5, 0.6) is 0 Å². The Hall–Kier alpha value is -3.42. The van der Waals surface area contributed by atoms with E-state index < -0.39 is 17.0 Å².